The van der Waals surface area contributed by atoms with Gasteiger partial charge in [-0.25, -0.2) is 8.42 Å². The summed E-state index contributed by atoms with van der Waals surface area (Å²) < 4.78 is 26.8. The number of hydrogen-bond acceptors (Lipinski definition) is 3. The molecule has 4 nitrogen and oxygen atoms in total. The van der Waals surface area contributed by atoms with Crippen molar-refractivity contribution in [1.29, 1.82) is 0 Å². The van der Waals surface area contributed by atoms with E-state index < -0.39 is 15.3 Å². The maximum atomic E-state index is 12.2. The van der Waals surface area contributed by atoms with Crippen LogP contribution in [0, 0.1) is 0 Å². The summed E-state index contributed by atoms with van der Waals surface area (Å²) in [6.45, 7) is 2.07. The summed E-state index contributed by atoms with van der Waals surface area (Å²) in [5, 5.41) is 3.22. The normalized spacial score (nSPS) is 17.2. The van der Waals surface area contributed by atoms with E-state index in [1.165, 1.54) is 0 Å². The van der Waals surface area contributed by atoms with E-state index in [-0.39, 0.29) is 5.69 Å². The maximum absolute atomic E-state index is 12.2. The molecule has 0 aliphatic heterocycles. The number of para-hydroxylation sites is 1. The molecule has 1 atom stereocenters. The molecule has 1 aromatic rings. The SMILES string of the molecule is CC(CNC1CC1)S(=O)(=O)Nc1c(Cl)cccc1Cl. The highest BCUT2D eigenvalue weighted by molar-refractivity contribution is 7.93. The standard InChI is InChI=1S/C12H16Cl2N2O2S/c1-8(7-15-9-5-6-9)19(17,18)16-12-10(13)3-2-4-11(12)14/h2-4,8-9,15-16H,5-7H2,1H3. The molecule has 0 spiro atoms. The molecule has 0 amide bonds. The predicted molar refractivity (Wildman–Crippen MR) is 79.5 cm³/mol. The second kappa shape index (κ2) is 5.87. The van der Waals surface area contributed by atoms with Gasteiger partial charge in [-0.2, -0.15) is 0 Å². The number of rotatable bonds is 6. The second-order valence-electron chi connectivity index (χ2n) is 4.74. The molecular weight excluding hydrogens is 307 g/mol. The fourth-order valence-electron chi connectivity index (χ4n) is 1.57. The van der Waals surface area contributed by atoms with Crippen molar-refractivity contribution in [2.75, 3.05) is 11.3 Å². The van der Waals surface area contributed by atoms with Crippen LogP contribution < -0.4 is 10.0 Å². The Morgan fingerprint density at radius 3 is 2.42 bits per heavy atom. The Bertz CT molecular complexity index is 539. The molecule has 1 aliphatic carbocycles. The van der Waals surface area contributed by atoms with Crippen LogP contribution in [0.2, 0.25) is 10.0 Å². The molecular formula is C12H16Cl2N2O2S. The highest BCUT2D eigenvalue weighted by Gasteiger charge is 2.26. The molecule has 2 N–H and O–H groups in total. The lowest BCUT2D eigenvalue weighted by Crippen LogP contribution is -2.35. The van der Waals surface area contributed by atoms with Crippen molar-refractivity contribution in [3.63, 3.8) is 0 Å². The first-order valence-corrected chi connectivity index (χ1v) is 8.39. The second-order valence-corrected chi connectivity index (χ2v) is 7.65. The quantitative estimate of drug-likeness (QED) is 0.846. The highest BCUT2D eigenvalue weighted by atomic mass is 35.5. The van der Waals surface area contributed by atoms with E-state index in [0.29, 0.717) is 22.6 Å². The Balaban J connectivity index is 2.06. The van der Waals surface area contributed by atoms with Gasteiger partial charge in [-0.05, 0) is 31.9 Å². The zero-order valence-corrected chi connectivity index (χ0v) is 12.8. The predicted octanol–water partition coefficient (Wildman–Crippen LogP) is 2.88. The van der Waals surface area contributed by atoms with E-state index in [9.17, 15) is 8.42 Å². The van der Waals surface area contributed by atoms with Crippen LogP contribution in [0.15, 0.2) is 18.2 Å². The van der Waals surface area contributed by atoms with Gasteiger partial charge in [0.1, 0.15) is 0 Å². The summed E-state index contributed by atoms with van der Waals surface area (Å²) in [5.74, 6) is 0. The van der Waals surface area contributed by atoms with Gasteiger partial charge in [-0.3, -0.25) is 4.72 Å². The summed E-state index contributed by atoms with van der Waals surface area (Å²) in [7, 11) is -3.51. The number of hydrogen-bond donors (Lipinski definition) is 2. The lowest BCUT2D eigenvalue weighted by atomic mass is 10.3. The molecule has 0 bridgehead atoms. The van der Waals surface area contributed by atoms with Crippen LogP contribution in [0.1, 0.15) is 19.8 Å². The number of halogens is 2. The van der Waals surface area contributed by atoms with E-state index >= 15 is 0 Å². The molecule has 1 unspecified atom stereocenters. The molecule has 2 rings (SSSR count). The van der Waals surface area contributed by atoms with Crippen molar-refractivity contribution < 1.29 is 8.42 Å². The minimum absolute atomic E-state index is 0.240. The van der Waals surface area contributed by atoms with E-state index in [2.05, 4.69) is 10.0 Å². The number of anilines is 1. The third kappa shape index (κ3) is 3.99. The van der Waals surface area contributed by atoms with E-state index in [4.69, 9.17) is 23.2 Å². The zero-order valence-electron chi connectivity index (χ0n) is 10.5. The van der Waals surface area contributed by atoms with Crippen LogP contribution in [0.25, 0.3) is 0 Å². The smallest absolute Gasteiger partial charge is 0.236 e. The van der Waals surface area contributed by atoms with Crippen molar-refractivity contribution in [2.24, 2.45) is 0 Å². The molecule has 0 saturated heterocycles. The minimum Gasteiger partial charge on any atom is -0.313 e. The van der Waals surface area contributed by atoms with E-state index in [0.717, 1.165) is 12.8 Å². The Morgan fingerprint density at radius 2 is 1.89 bits per heavy atom. The molecule has 1 saturated carbocycles. The average molecular weight is 323 g/mol. The average Bonchev–Trinajstić information content (AvgIpc) is 3.15. The molecule has 19 heavy (non-hydrogen) atoms. The zero-order chi connectivity index (χ0) is 14.0. The van der Waals surface area contributed by atoms with E-state index in [1.54, 1.807) is 25.1 Å². The summed E-state index contributed by atoms with van der Waals surface area (Å²) >= 11 is 11.9. The first kappa shape index (κ1) is 14.9. The lowest BCUT2D eigenvalue weighted by molar-refractivity contribution is 0.576. The van der Waals surface area contributed by atoms with Crippen LogP contribution in [0.5, 0.6) is 0 Å². The molecule has 1 aromatic carbocycles. The fraction of sp³-hybridized carbons (Fsp3) is 0.500. The van der Waals surface area contributed by atoms with E-state index in [1.807, 2.05) is 0 Å². The van der Waals surface area contributed by atoms with Gasteiger partial charge in [-0.1, -0.05) is 29.3 Å². The third-order valence-electron chi connectivity index (χ3n) is 3.01. The molecule has 0 aromatic heterocycles. The maximum Gasteiger partial charge on any atom is 0.236 e. The molecule has 1 aliphatic rings. The largest absolute Gasteiger partial charge is 0.313 e. The molecule has 7 heteroatoms. The molecule has 0 radical (unpaired) electrons. The summed E-state index contributed by atoms with van der Waals surface area (Å²) in [5.41, 5.74) is 0.240. The Morgan fingerprint density at radius 1 is 1.32 bits per heavy atom. The molecule has 1 fully saturated rings. The third-order valence-corrected chi connectivity index (χ3v) is 5.35. The van der Waals surface area contributed by atoms with Crippen molar-refractivity contribution in [2.45, 2.75) is 31.1 Å². The molecule has 106 valence electrons. The van der Waals surface area contributed by atoms with Crippen LogP contribution in [0.4, 0.5) is 5.69 Å². The van der Waals surface area contributed by atoms with Crippen LogP contribution in [0.3, 0.4) is 0 Å². The van der Waals surface area contributed by atoms with Crippen LogP contribution >= 0.6 is 23.2 Å². The summed E-state index contributed by atoms with van der Waals surface area (Å²) in [6, 6.07) is 5.33. The number of sulfonamides is 1. The summed E-state index contributed by atoms with van der Waals surface area (Å²) in [4.78, 5) is 0. The number of nitrogens with one attached hydrogen (secondary N) is 2. The van der Waals surface area contributed by atoms with Gasteiger partial charge in [-0.15, -0.1) is 0 Å². The Labute approximate surface area is 123 Å². The topological polar surface area (TPSA) is 58.2 Å². The summed E-state index contributed by atoms with van der Waals surface area (Å²) in [6.07, 6.45) is 2.24. The van der Waals surface area contributed by atoms with Gasteiger partial charge in [0.2, 0.25) is 10.0 Å². The monoisotopic (exact) mass is 322 g/mol. The first-order chi connectivity index (χ1) is 8.90. The van der Waals surface area contributed by atoms with Gasteiger partial charge < -0.3 is 5.32 Å². The van der Waals surface area contributed by atoms with Crippen LogP contribution in [-0.4, -0.2) is 26.3 Å². The number of benzene rings is 1. The minimum atomic E-state index is -3.51. The van der Waals surface area contributed by atoms with Gasteiger partial charge in [0.05, 0.1) is 21.0 Å². The Kier molecular flexibility index (Phi) is 4.61. The van der Waals surface area contributed by atoms with Crippen molar-refractivity contribution >= 4 is 38.9 Å². The van der Waals surface area contributed by atoms with Gasteiger partial charge in [0, 0.05) is 12.6 Å². The Hall–Kier alpha value is -0.490. The van der Waals surface area contributed by atoms with Gasteiger partial charge in [0.15, 0.2) is 0 Å². The van der Waals surface area contributed by atoms with Crippen LogP contribution in [-0.2, 0) is 10.0 Å². The lowest BCUT2D eigenvalue weighted by Gasteiger charge is -2.16. The fourth-order valence-corrected chi connectivity index (χ4v) is 3.19. The first-order valence-electron chi connectivity index (χ1n) is 6.09. The van der Waals surface area contributed by atoms with Crippen molar-refractivity contribution in [3.05, 3.63) is 28.2 Å². The highest BCUT2D eigenvalue weighted by Crippen LogP contribution is 2.31. The van der Waals surface area contributed by atoms with Gasteiger partial charge in [0.25, 0.3) is 0 Å². The van der Waals surface area contributed by atoms with Crippen molar-refractivity contribution in [1.82, 2.24) is 5.32 Å². The molecule has 0 heterocycles. The van der Waals surface area contributed by atoms with Crippen molar-refractivity contribution in [3.8, 4) is 0 Å². The van der Waals surface area contributed by atoms with Gasteiger partial charge >= 0.3 is 0 Å².